The fourth-order valence-electron chi connectivity index (χ4n) is 1.55. The molecule has 4 nitrogen and oxygen atoms in total. The largest absolute Gasteiger partial charge is 0.493 e. The van der Waals surface area contributed by atoms with Gasteiger partial charge in [0.15, 0.2) is 11.5 Å². The van der Waals surface area contributed by atoms with Crippen LogP contribution >= 0.6 is 0 Å². The van der Waals surface area contributed by atoms with Gasteiger partial charge in [-0.15, -0.1) is 0 Å². The molecule has 6 heteroatoms. The number of methoxy groups -OCH3 is 1. The monoisotopic (exact) mass is 243 g/mol. The van der Waals surface area contributed by atoms with Gasteiger partial charge in [-0.3, -0.25) is 0 Å². The third-order valence-corrected chi connectivity index (χ3v) is 2.32. The van der Waals surface area contributed by atoms with E-state index < -0.39 is 6.61 Å². The summed E-state index contributed by atoms with van der Waals surface area (Å²) < 4.78 is 33.6. The van der Waals surface area contributed by atoms with Crippen molar-refractivity contribution in [3.8, 4) is 11.5 Å². The van der Waals surface area contributed by atoms with Crippen LogP contribution in [0.15, 0.2) is 23.4 Å². The molecule has 0 bridgehead atoms. The lowest BCUT2D eigenvalue weighted by atomic mass is 10.1. The van der Waals surface area contributed by atoms with Crippen LogP contribution < -0.4 is 9.47 Å². The smallest absolute Gasteiger partial charge is 0.387 e. The summed E-state index contributed by atoms with van der Waals surface area (Å²) in [6.45, 7) is -2.34. The Bertz CT molecular complexity index is 435. The molecule has 0 atom stereocenters. The van der Waals surface area contributed by atoms with Crippen LogP contribution in [0.1, 0.15) is 12.0 Å². The van der Waals surface area contributed by atoms with Crippen molar-refractivity contribution in [3.05, 3.63) is 23.8 Å². The Hall–Kier alpha value is -1.85. The Morgan fingerprint density at radius 2 is 2.18 bits per heavy atom. The van der Waals surface area contributed by atoms with Gasteiger partial charge in [-0.1, -0.05) is 5.16 Å². The predicted molar refractivity (Wildman–Crippen MR) is 56.7 cm³/mol. The highest BCUT2D eigenvalue weighted by molar-refractivity contribution is 6.01. The quantitative estimate of drug-likeness (QED) is 0.815. The summed E-state index contributed by atoms with van der Waals surface area (Å²) in [7, 11) is 1.39. The van der Waals surface area contributed by atoms with Crippen molar-refractivity contribution in [1.82, 2.24) is 0 Å². The molecule has 1 heterocycles. The van der Waals surface area contributed by atoms with E-state index in [2.05, 4.69) is 9.89 Å². The molecule has 0 fully saturated rings. The van der Waals surface area contributed by atoms with Crippen molar-refractivity contribution < 1.29 is 23.1 Å². The number of hydrogen-bond donors (Lipinski definition) is 0. The van der Waals surface area contributed by atoms with Crippen LogP contribution in [-0.4, -0.2) is 26.0 Å². The number of benzene rings is 1. The van der Waals surface area contributed by atoms with Gasteiger partial charge in [0, 0.05) is 12.0 Å². The lowest BCUT2D eigenvalue weighted by molar-refractivity contribution is -0.0512. The van der Waals surface area contributed by atoms with Crippen LogP contribution in [0, 0.1) is 0 Å². The number of ether oxygens (including phenoxy) is 2. The average Bonchev–Trinajstić information content (AvgIpc) is 2.82. The molecule has 1 aliphatic heterocycles. The Morgan fingerprint density at radius 3 is 2.76 bits per heavy atom. The van der Waals surface area contributed by atoms with E-state index in [0.717, 1.165) is 11.3 Å². The van der Waals surface area contributed by atoms with E-state index in [9.17, 15) is 8.78 Å². The van der Waals surface area contributed by atoms with Gasteiger partial charge in [0.2, 0.25) is 0 Å². The van der Waals surface area contributed by atoms with Crippen LogP contribution in [0.5, 0.6) is 11.5 Å². The van der Waals surface area contributed by atoms with E-state index in [1.807, 2.05) is 0 Å². The molecule has 0 N–H and O–H groups in total. The summed E-state index contributed by atoms with van der Waals surface area (Å²) >= 11 is 0. The Kier molecular flexibility index (Phi) is 3.41. The SMILES string of the molecule is COc1cc(C2=NOCC2)ccc1OC(F)F. The van der Waals surface area contributed by atoms with Crippen molar-refractivity contribution in [2.24, 2.45) is 5.16 Å². The van der Waals surface area contributed by atoms with Gasteiger partial charge in [-0.05, 0) is 18.2 Å². The molecule has 2 rings (SSSR count). The third kappa shape index (κ3) is 2.64. The zero-order valence-corrected chi connectivity index (χ0v) is 9.15. The second-order valence-electron chi connectivity index (χ2n) is 3.37. The van der Waals surface area contributed by atoms with Crippen LogP contribution in [0.3, 0.4) is 0 Å². The average molecular weight is 243 g/mol. The van der Waals surface area contributed by atoms with Crippen molar-refractivity contribution in [2.45, 2.75) is 13.0 Å². The van der Waals surface area contributed by atoms with Gasteiger partial charge >= 0.3 is 6.61 Å². The maximum atomic E-state index is 12.1. The minimum absolute atomic E-state index is 0.00534. The standard InChI is InChI=1S/C11H11F2NO3/c1-15-10-6-7(8-4-5-16-14-8)2-3-9(10)17-11(12)13/h2-3,6,11H,4-5H2,1H3. The molecule has 1 aliphatic rings. The maximum Gasteiger partial charge on any atom is 0.387 e. The molecule has 0 saturated carbocycles. The molecule has 0 unspecified atom stereocenters. The summed E-state index contributed by atoms with van der Waals surface area (Å²) in [5.74, 6) is 0.253. The summed E-state index contributed by atoms with van der Waals surface area (Å²) in [6.07, 6.45) is 0.693. The van der Waals surface area contributed by atoms with Crippen LogP contribution in [0.25, 0.3) is 0 Å². The topological polar surface area (TPSA) is 40.0 Å². The first-order valence-electron chi connectivity index (χ1n) is 5.03. The van der Waals surface area contributed by atoms with Crippen molar-refractivity contribution in [1.29, 1.82) is 0 Å². The molecule has 0 radical (unpaired) electrons. The van der Waals surface area contributed by atoms with Gasteiger partial charge in [0.05, 0.1) is 12.8 Å². The Morgan fingerprint density at radius 1 is 1.35 bits per heavy atom. The lowest BCUT2D eigenvalue weighted by Gasteiger charge is -2.10. The van der Waals surface area contributed by atoms with Gasteiger partial charge < -0.3 is 14.3 Å². The molecular formula is C11H11F2NO3. The maximum absolute atomic E-state index is 12.1. The summed E-state index contributed by atoms with van der Waals surface area (Å²) in [5.41, 5.74) is 1.55. The minimum atomic E-state index is -2.87. The summed E-state index contributed by atoms with van der Waals surface area (Å²) in [6, 6.07) is 4.68. The van der Waals surface area contributed by atoms with Gasteiger partial charge in [-0.25, -0.2) is 0 Å². The number of nitrogens with zero attached hydrogens (tertiary/aromatic N) is 1. The fraction of sp³-hybridized carbons (Fsp3) is 0.364. The molecule has 0 spiro atoms. The number of oxime groups is 1. The van der Waals surface area contributed by atoms with Crippen LogP contribution in [-0.2, 0) is 4.84 Å². The molecule has 0 aliphatic carbocycles. The van der Waals surface area contributed by atoms with Crippen molar-refractivity contribution >= 4 is 5.71 Å². The first-order valence-corrected chi connectivity index (χ1v) is 5.03. The molecule has 17 heavy (non-hydrogen) atoms. The summed E-state index contributed by atoms with van der Waals surface area (Å²) in [5, 5.41) is 3.84. The van der Waals surface area contributed by atoms with Gasteiger partial charge in [0.1, 0.15) is 6.61 Å². The van der Waals surface area contributed by atoms with E-state index >= 15 is 0 Å². The van der Waals surface area contributed by atoms with E-state index in [4.69, 9.17) is 9.57 Å². The number of halogens is 2. The predicted octanol–water partition coefficient (Wildman–Crippen LogP) is 2.42. The van der Waals surface area contributed by atoms with Gasteiger partial charge in [0.25, 0.3) is 0 Å². The van der Waals surface area contributed by atoms with E-state index in [1.54, 1.807) is 12.1 Å². The van der Waals surface area contributed by atoms with Crippen LogP contribution in [0.4, 0.5) is 8.78 Å². The van der Waals surface area contributed by atoms with E-state index in [0.29, 0.717) is 13.0 Å². The van der Waals surface area contributed by atoms with Gasteiger partial charge in [-0.2, -0.15) is 8.78 Å². The highest BCUT2D eigenvalue weighted by Gasteiger charge is 2.15. The lowest BCUT2D eigenvalue weighted by Crippen LogP contribution is -2.05. The molecular weight excluding hydrogens is 232 g/mol. The van der Waals surface area contributed by atoms with Crippen molar-refractivity contribution in [3.63, 3.8) is 0 Å². The number of rotatable bonds is 4. The molecule has 0 aromatic heterocycles. The fourth-order valence-corrected chi connectivity index (χ4v) is 1.55. The number of hydrogen-bond acceptors (Lipinski definition) is 4. The molecule has 0 amide bonds. The minimum Gasteiger partial charge on any atom is -0.493 e. The van der Waals surface area contributed by atoms with Crippen molar-refractivity contribution in [2.75, 3.05) is 13.7 Å². The highest BCUT2D eigenvalue weighted by Crippen LogP contribution is 2.30. The van der Waals surface area contributed by atoms with E-state index in [1.165, 1.54) is 13.2 Å². The normalized spacial score (nSPS) is 14.5. The molecule has 1 aromatic rings. The zero-order valence-electron chi connectivity index (χ0n) is 9.15. The zero-order chi connectivity index (χ0) is 12.3. The first kappa shape index (κ1) is 11.6. The summed E-state index contributed by atoms with van der Waals surface area (Å²) in [4.78, 5) is 4.88. The number of alkyl halides is 2. The first-order chi connectivity index (χ1) is 8.20. The van der Waals surface area contributed by atoms with E-state index in [-0.39, 0.29) is 11.5 Å². The third-order valence-electron chi connectivity index (χ3n) is 2.32. The Labute approximate surface area is 96.8 Å². The second kappa shape index (κ2) is 4.99. The molecule has 92 valence electrons. The van der Waals surface area contributed by atoms with Crippen LogP contribution in [0.2, 0.25) is 0 Å². The second-order valence-corrected chi connectivity index (χ2v) is 3.37. The molecule has 0 saturated heterocycles. The molecule has 1 aromatic carbocycles. The highest BCUT2D eigenvalue weighted by atomic mass is 19.3. The Balaban J connectivity index is 2.27.